The van der Waals surface area contributed by atoms with E-state index in [2.05, 4.69) is 0 Å². The maximum atomic E-state index is 12.9. The summed E-state index contributed by atoms with van der Waals surface area (Å²) in [7, 11) is 1.80. The molecule has 138 valence electrons. The van der Waals surface area contributed by atoms with Crippen molar-refractivity contribution in [3.63, 3.8) is 0 Å². The predicted octanol–water partition coefficient (Wildman–Crippen LogP) is 4.71. The van der Waals surface area contributed by atoms with Crippen LogP contribution in [0.2, 0.25) is 0 Å². The number of carbonyl (C=O) groups excluding carboxylic acids is 1. The Kier molecular flexibility index (Phi) is 6.46. The summed E-state index contributed by atoms with van der Waals surface area (Å²) in [4.78, 5) is 14.6. The van der Waals surface area contributed by atoms with Crippen molar-refractivity contribution >= 4 is 29.3 Å². The van der Waals surface area contributed by atoms with Crippen LogP contribution >= 0.6 is 12.4 Å². The Morgan fingerprint density at radius 1 is 1.04 bits per heavy atom. The summed E-state index contributed by atoms with van der Waals surface area (Å²) in [6, 6.07) is 19.1. The lowest BCUT2D eigenvalue weighted by molar-refractivity contribution is -0.136. The van der Waals surface area contributed by atoms with E-state index in [1.54, 1.807) is 11.9 Å². The summed E-state index contributed by atoms with van der Waals surface area (Å²) in [6.07, 6.45) is 0. The molecule has 1 amide bonds. The molecule has 3 unspecified atom stereocenters. The molecule has 0 saturated carbocycles. The van der Waals surface area contributed by atoms with Crippen molar-refractivity contribution in [2.45, 2.75) is 25.9 Å². The second kappa shape index (κ2) is 8.39. The number of rotatable bonds is 5. The van der Waals surface area contributed by atoms with E-state index >= 15 is 0 Å². The SMILES string of the molecule is CC(C(=O)N(C)C(C)c1cc2ccccc2o1)C(N)c1ccccc1.Cl. The van der Waals surface area contributed by atoms with Crippen LogP contribution in [0.3, 0.4) is 0 Å². The van der Waals surface area contributed by atoms with Gasteiger partial charge in [-0.2, -0.15) is 0 Å². The van der Waals surface area contributed by atoms with Gasteiger partial charge < -0.3 is 15.1 Å². The van der Waals surface area contributed by atoms with Crippen molar-refractivity contribution < 1.29 is 9.21 Å². The zero-order chi connectivity index (χ0) is 18.0. The fraction of sp³-hybridized carbons (Fsp3) is 0.286. The van der Waals surface area contributed by atoms with Gasteiger partial charge in [0.15, 0.2) is 0 Å². The molecule has 1 aromatic heterocycles. The molecule has 0 bridgehead atoms. The predicted molar refractivity (Wildman–Crippen MR) is 107 cm³/mol. The number of hydrogen-bond acceptors (Lipinski definition) is 3. The van der Waals surface area contributed by atoms with Crippen molar-refractivity contribution in [1.82, 2.24) is 4.90 Å². The van der Waals surface area contributed by atoms with E-state index in [0.717, 1.165) is 22.3 Å². The lowest BCUT2D eigenvalue weighted by Crippen LogP contribution is -2.38. The first-order chi connectivity index (χ1) is 12.0. The number of para-hydroxylation sites is 1. The number of amides is 1. The molecule has 5 heteroatoms. The van der Waals surface area contributed by atoms with Crippen LogP contribution in [-0.2, 0) is 4.79 Å². The third kappa shape index (κ3) is 3.92. The van der Waals surface area contributed by atoms with Crippen molar-refractivity contribution in [2.24, 2.45) is 11.7 Å². The number of carbonyl (C=O) groups is 1. The molecule has 4 nitrogen and oxygen atoms in total. The van der Waals surface area contributed by atoms with E-state index in [1.807, 2.05) is 74.5 Å². The van der Waals surface area contributed by atoms with Crippen LogP contribution in [0.25, 0.3) is 11.0 Å². The molecule has 1 heterocycles. The van der Waals surface area contributed by atoms with Crippen LogP contribution in [0.4, 0.5) is 0 Å². The van der Waals surface area contributed by atoms with Crippen molar-refractivity contribution in [2.75, 3.05) is 7.05 Å². The van der Waals surface area contributed by atoms with Crippen LogP contribution in [0, 0.1) is 5.92 Å². The summed E-state index contributed by atoms with van der Waals surface area (Å²) in [5.74, 6) is 0.459. The second-order valence-electron chi connectivity index (χ2n) is 6.54. The Morgan fingerprint density at radius 2 is 1.65 bits per heavy atom. The molecule has 0 saturated heterocycles. The molecular weight excluding hydrogens is 348 g/mol. The number of fused-ring (bicyclic) bond motifs is 1. The van der Waals surface area contributed by atoms with Gasteiger partial charge in [-0.1, -0.05) is 55.5 Å². The summed E-state index contributed by atoms with van der Waals surface area (Å²) >= 11 is 0. The first-order valence-corrected chi connectivity index (χ1v) is 8.54. The third-order valence-corrected chi connectivity index (χ3v) is 4.90. The lowest BCUT2D eigenvalue weighted by Gasteiger charge is -2.29. The molecule has 0 fully saturated rings. The van der Waals surface area contributed by atoms with Crippen LogP contribution in [0.1, 0.15) is 37.3 Å². The van der Waals surface area contributed by atoms with Crippen LogP contribution in [0.5, 0.6) is 0 Å². The first kappa shape index (κ1) is 20.0. The summed E-state index contributed by atoms with van der Waals surface area (Å²) in [6.45, 7) is 3.85. The van der Waals surface area contributed by atoms with Gasteiger partial charge in [0.05, 0.1) is 12.0 Å². The van der Waals surface area contributed by atoms with E-state index in [9.17, 15) is 4.79 Å². The Morgan fingerprint density at radius 3 is 2.31 bits per heavy atom. The van der Waals surface area contributed by atoms with Gasteiger partial charge in [-0.25, -0.2) is 0 Å². The molecule has 0 radical (unpaired) electrons. The summed E-state index contributed by atoms with van der Waals surface area (Å²) < 4.78 is 5.90. The number of nitrogens with two attached hydrogens (primary N) is 1. The number of halogens is 1. The Hall–Kier alpha value is -2.30. The highest BCUT2D eigenvalue weighted by Crippen LogP contribution is 2.29. The average molecular weight is 373 g/mol. The van der Waals surface area contributed by atoms with Gasteiger partial charge in [0, 0.05) is 18.5 Å². The highest BCUT2D eigenvalue weighted by Gasteiger charge is 2.28. The van der Waals surface area contributed by atoms with Gasteiger partial charge >= 0.3 is 0 Å². The van der Waals surface area contributed by atoms with E-state index in [4.69, 9.17) is 10.2 Å². The third-order valence-electron chi connectivity index (χ3n) is 4.90. The number of furan rings is 1. The minimum absolute atomic E-state index is 0. The average Bonchev–Trinajstić information content (AvgIpc) is 3.10. The van der Waals surface area contributed by atoms with Crippen LogP contribution in [-0.4, -0.2) is 17.9 Å². The molecule has 0 aliphatic rings. The van der Waals surface area contributed by atoms with Gasteiger partial charge in [-0.05, 0) is 24.6 Å². The number of nitrogens with zero attached hydrogens (tertiary/aromatic N) is 1. The highest BCUT2D eigenvalue weighted by atomic mass is 35.5. The molecule has 2 aromatic carbocycles. The van der Waals surface area contributed by atoms with Gasteiger partial charge in [-0.3, -0.25) is 4.79 Å². The van der Waals surface area contributed by atoms with E-state index in [-0.39, 0.29) is 36.3 Å². The molecule has 0 aliphatic heterocycles. The largest absolute Gasteiger partial charge is 0.459 e. The van der Waals surface area contributed by atoms with E-state index in [0.29, 0.717) is 0 Å². The Balaban J connectivity index is 0.00000243. The molecular formula is C21H25ClN2O2. The minimum atomic E-state index is -0.334. The fourth-order valence-electron chi connectivity index (χ4n) is 3.03. The number of hydrogen-bond donors (Lipinski definition) is 1. The first-order valence-electron chi connectivity index (χ1n) is 8.54. The van der Waals surface area contributed by atoms with Crippen molar-refractivity contribution in [3.8, 4) is 0 Å². The van der Waals surface area contributed by atoms with E-state index < -0.39 is 0 Å². The Labute approximate surface area is 160 Å². The molecule has 2 N–H and O–H groups in total. The van der Waals surface area contributed by atoms with Gasteiger partial charge in [0.1, 0.15) is 11.3 Å². The molecule has 0 spiro atoms. The quantitative estimate of drug-likeness (QED) is 0.705. The van der Waals surface area contributed by atoms with Crippen LogP contribution < -0.4 is 5.73 Å². The monoisotopic (exact) mass is 372 g/mol. The second-order valence-corrected chi connectivity index (χ2v) is 6.54. The summed E-state index contributed by atoms with van der Waals surface area (Å²) in [5, 5.41) is 1.04. The lowest BCUT2D eigenvalue weighted by atomic mass is 9.94. The minimum Gasteiger partial charge on any atom is -0.459 e. The molecule has 0 aliphatic carbocycles. The maximum Gasteiger partial charge on any atom is 0.227 e. The van der Waals surface area contributed by atoms with Gasteiger partial charge in [0.2, 0.25) is 5.91 Å². The van der Waals surface area contributed by atoms with Gasteiger partial charge in [-0.15, -0.1) is 12.4 Å². The Bertz CT molecular complexity index is 830. The molecule has 3 atom stereocenters. The fourth-order valence-corrected chi connectivity index (χ4v) is 3.03. The topological polar surface area (TPSA) is 59.5 Å². The standard InChI is InChI=1S/C21H24N2O2.ClH/c1-14(20(22)16-9-5-4-6-10-16)21(24)23(3)15(2)19-13-17-11-7-8-12-18(17)25-19;/h4-15,20H,22H2,1-3H3;1H. The van der Waals surface area contributed by atoms with Crippen molar-refractivity contribution in [3.05, 3.63) is 72.0 Å². The van der Waals surface area contributed by atoms with Crippen molar-refractivity contribution in [1.29, 1.82) is 0 Å². The van der Waals surface area contributed by atoms with Crippen LogP contribution in [0.15, 0.2) is 65.1 Å². The maximum absolute atomic E-state index is 12.9. The zero-order valence-electron chi connectivity index (χ0n) is 15.3. The smallest absolute Gasteiger partial charge is 0.227 e. The normalized spacial score (nSPS) is 14.3. The van der Waals surface area contributed by atoms with E-state index in [1.165, 1.54) is 0 Å². The highest BCUT2D eigenvalue weighted by molar-refractivity contribution is 5.85. The molecule has 3 rings (SSSR count). The molecule has 26 heavy (non-hydrogen) atoms. The molecule has 3 aromatic rings. The summed E-state index contributed by atoms with van der Waals surface area (Å²) in [5.41, 5.74) is 8.10. The van der Waals surface area contributed by atoms with Gasteiger partial charge in [0.25, 0.3) is 0 Å². The zero-order valence-corrected chi connectivity index (χ0v) is 16.1. The number of benzene rings is 2.